The largest absolute Gasteiger partial charge is 0.381 e. The maximum Gasteiger partial charge on any atom is 0.0478 e. The molecule has 1 N–H and O–H groups in total. The lowest BCUT2D eigenvalue weighted by Gasteiger charge is -2.17. The highest BCUT2D eigenvalue weighted by atomic mass is 16.5. The molecule has 0 aliphatic carbocycles. The summed E-state index contributed by atoms with van der Waals surface area (Å²) in [7, 11) is 1.98. The maximum absolute atomic E-state index is 5.51. The zero-order chi connectivity index (χ0) is 10.9. The Labute approximate surface area is 89.4 Å². The molecule has 0 saturated heterocycles. The molecule has 0 unspecified atom stereocenters. The van der Waals surface area contributed by atoms with Gasteiger partial charge in [-0.05, 0) is 38.3 Å². The van der Waals surface area contributed by atoms with E-state index >= 15 is 0 Å². The molecular formula is C12H27NO. The van der Waals surface area contributed by atoms with E-state index in [1.54, 1.807) is 0 Å². The van der Waals surface area contributed by atoms with E-state index in [2.05, 4.69) is 26.1 Å². The van der Waals surface area contributed by atoms with Crippen LogP contribution in [-0.2, 0) is 4.74 Å². The number of hydrogen-bond donors (Lipinski definition) is 1. The van der Waals surface area contributed by atoms with Crippen molar-refractivity contribution < 1.29 is 4.74 Å². The van der Waals surface area contributed by atoms with Gasteiger partial charge in [0.15, 0.2) is 0 Å². The quantitative estimate of drug-likeness (QED) is 0.610. The van der Waals surface area contributed by atoms with Crippen LogP contribution in [0.4, 0.5) is 0 Å². The standard InChI is InChI=1S/C12H27NO/c1-12(2,3)8-5-6-10-14-11-7-9-13-4/h13H,5-11H2,1-4H3. The average molecular weight is 201 g/mol. The molecule has 2 heteroatoms. The van der Waals surface area contributed by atoms with Crippen molar-refractivity contribution in [1.29, 1.82) is 0 Å². The van der Waals surface area contributed by atoms with Gasteiger partial charge in [0.1, 0.15) is 0 Å². The van der Waals surface area contributed by atoms with Crippen LogP contribution in [0.5, 0.6) is 0 Å². The summed E-state index contributed by atoms with van der Waals surface area (Å²) in [6.07, 6.45) is 4.91. The minimum Gasteiger partial charge on any atom is -0.381 e. The molecule has 0 aromatic carbocycles. The second-order valence-corrected chi connectivity index (χ2v) is 5.09. The van der Waals surface area contributed by atoms with Crippen molar-refractivity contribution >= 4 is 0 Å². The fourth-order valence-electron chi connectivity index (χ4n) is 1.31. The molecule has 0 amide bonds. The average Bonchev–Trinajstić information content (AvgIpc) is 2.08. The van der Waals surface area contributed by atoms with Crippen LogP contribution in [-0.4, -0.2) is 26.8 Å². The Morgan fingerprint density at radius 3 is 2.21 bits per heavy atom. The van der Waals surface area contributed by atoms with Gasteiger partial charge in [-0.25, -0.2) is 0 Å². The molecule has 0 aromatic heterocycles. The van der Waals surface area contributed by atoms with Crippen LogP contribution in [0.25, 0.3) is 0 Å². The van der Waals surface area contributed by atoms with Gasteiger partial charge in [0.05, 0.1) is 0 Å². The van der Waals surface area contributed by atoms with Crippen LogP contribution in [0.3, 0.4) is 0 Å². The number of nitrogens with one attached hydrogen (secondary N) is 1. The number of unbranched alkanes of at least 4 members (excludes halogenated alkanes) is 1. The van der Waals surface area contributed by atoms with Gasteiger partial charge in [0.2, 0.25) is 0 Å². The van der Waals surface area contributed by atoms with Gasteiger partial charge < -0.3 is 10.1 Å². The Kier molecular flexibility index (Phi) is 8.20. The second-order valence-electron chi connectivity index (χ2n) is 5.09. The molecule has 86 valence electrons. The van der Waals surface area contributed by atoms with Crippen molar-refractivity contribution in [3.05, 3.63) is 0 Å². The van der Waals surface area contributed by atoms with Crippen molar-refractivity contribution in [2.45, 2.75) is 46.5 Å². The molecule has 0 aromatic rings. The Morgan fingerprint density at radius 2 is 1.64 bits per heavy atom. The first-order valence-corrected chi connectivity index (χ1v) is 5.78. The SMILES string of the molecule is CNCCCOCCCCC(C)(C)C. The first-order valence-electron chi connectivity index (χ1n) is 5.78. The van der Waals surface area contributed by atoms with Crippen LogP contribution in [0.1, 0.15) is 46.5 Å². The van der Waals surface area contributed by atoms with Crippen LogP contribution < -0.4 is 5.32 Å². The van der Waals surface area contributed by atoms with Gasteiger partial charge in [-0.2, -0.15) is 0 Å². The summed E-state index contributed by atoms with van der Waals surface area (Å²) in [6, 6.07) is 0. The summed E-state index contributed by atoms with van der Waals surface area (Å²) >= 11 is 0. The van der Waals surface area contributed by atoms with Crippen molar-refractivity contribution in [3.8, 4) is 0 Å². The lowest BCUT2D eigenvalue weighted by atomic mass is 9.90. The van der Waals surface area contributed by atoms with Crippen molar-refractivity contribution in [2.75, 3.05) is 26.8 Å². The van der Waals surface area contributed by atoms with Crippen LogP contribution in [0.2, 0.25) is 0 Å². The first-order chi connectivity index (χ1) is 6.56. The fourth-order valence-corrected chi connectivity index (χ4v) is 1.31. The van der Waals surface area contributed by atoms with Crippen molar-refractivity contribution in [2.24, 2.45) is 5.41 Å². The molecule has 0 radical (unpaired) electrons. The zero-order valence-corrected chi connectivity index (χ0v) is 10.4. The monoisotopic (exact) mass is 201 g/mol. The van der Waals surface area contributed by atoms with E-state index in [-0.39, 0.29) is 0 Å². The third-order valence-corrected chi connectivity index (χ3v) is 2.18. The molecule has 0 rings (SSSR count). The molecule has 2 nitrogen and oxygen atoms in total. The van der Waals surface area contributed by atoms with E-state index in [0.29, 0.717) is 5.41 Å². The molecule has 0 bridgehead atoms. The van der Waals surface area contributed by atoms with Gasteiger partial charge in [-0.1, -0.05) is 27.2 Å². The van der Waals surface area contributed by atoms with Gasteiger partial charge in [0.25, 0.3) is 0 Å². The van der Waals surface area contributed by atoms with E-state index in [1.165, 1.54) is 19.3 Å². The topological polar surface area (TPSA) is 21.3 Å². The third kappa shape index (κ3) is 11.9. The molecule has 0 atom stereocenters. The summed E-state index contributed by atoms with van der Waals surface area (Å²) in [5.74, 6) is 0. The van der Waals surface area contributed by atoms with Gasteiger partial charge >= 0.3 is 0 Å². The summed E-state index contributed by atoms with van der Waals surface area (Å²) in [4.78, 5) is 0. The van der Waals surface area contributed by atoms with E-state index in [0.717, 1.165) is 26.2 Å². The predicted molar refractivity (Wildman–Crippen MR) is 62.7 cm³/mol. The third-order valence-electron chi connectivity index (χ3n) is 2.18. The smallest absolute Gasteiger partial charge is 0.0478 e. The van der Waals surface area contributed by atoms with Crippen molar-refractivity contribution in [1.82, 2.24) is 5.32 Å². The lowest BCUT2D eigenvalue weighted by molar-refractivity contribution is 0.125. The Bertz CT molecular complexity index is 118. The summed E-state index contributed by atoms with van der Waals surface area (Å²) in [6.45, 7) is 9.76. The first kappa shape index (κ1) is 13.9. The van der Waals surface area contributed by atoms with Gasteiger partial charge in [0, 0.05) is 13.2 Å². The molecule has 0 aliphatic rings. The van der Waals surface area contributed by atoms with Gasteiger partial charge in [-0.15, -0.1) is 0 Å². The molecule has 0 spiro atoms. The molecular weight excluding hydrogens is 174 g/mol. The Balaban J connectivity index is 2.99. The van der Waals surface area contributed by atoms with Crippen LogP contribution >= 0.6 is 0 Å². The molecule has 0 aliphatic heterocycles. The fraction of sp³-hybridized carbons (Fsp3) is 1.00. The van der Waals surface area contributed by atoms with E-state index in [4.69, 9.17) is 4.74 Å². The van der Waals surface area contributed by atoms with E-state index in [1.807, 2.05) is 7.05 Å². The minimum absolute atomic E-state index is 0.478. The normalized spacial score (nSPS) is 12.0. The Hall–Kier alpha value is -0.0800. The van der Waals surface area contributed by atoms with Crippen LogP contribution in [0, 0.1) is 5.41 Å². The van der Waals surface area contributed by atoms with E-state index in [9.17, 15) is 0 Å². The zero-order valence-electron chi connectivity index (χ0n) is 10.4. The highest BCUT2D eigenvalue weighted by Crippen LogP contribution is 2.21. The summed E-state index contributed by atoms with van der Waals surface area (Å²) in [5.41, 5.74) is 0.478. The van der Waals surface area contributed by atoms with Gasteiger partial charge in [-0.3, -0.25) is 0 Å². The predicted octanol–water partition coefficient (Wildman–Crippen LogP) is 2.83. The van der Waals surface area contributed by atoms with Crippen molar-refractivity contribution in [3.63, 3.8) is 0 Å². The number of hydrogen-bond acceptors (Lipinski definition) is 2. The summed E-state index contributed by atoms with van der Waals surface area (Å²) in [5, 5.41) is 3.11. The molecule has 0 saturated carbocycles. The minimum atomic E-state index is 0.478. The molecule has 0 heterocycles. The number of ether oxygens (including phenoxy) is 1. The second kappa shape index (κ2) is 8.25. The highest BCUT2D eigenvalue weighted by molar-refractivity contribution is 4.60. The van der Waals surface area contributed by atoms with Crippen LogP contribution in [0.15, 0.2) is 0 Å². The number of rotatable bonds is 8. The molecule has 14 heavy (non-hydrogen) atoms. The molecule has 0 fully saturated rings. The maximum atomic E-state index is 5.51. The highest BCUT2D eigenvalue weighted by Gasteiger charge is 2.08. The lowest BCUT2D eigenvalue weighted by Crippen LogP contribution is -2.11. The summed E-state index contributed by atoms with van der Waals surface area (Å²) < 4.78 is 5.51. The van der Waals surface area contributed by atoms with E-state index < -0.39 is 0 Å². The Morgan fingerprint density at radius 1 is 1.00 bits per heavy atom.